The molecule has 0 saturated carbocycles. The van der Waals surface area contributed by atoms with Gasteiger partial charge in [-0.15, -0.1) is 0 Å². The predicted molar refractivity (Wildman–Crippen MR) is 64.1 cm³/mol. The highest BCUT2D eigenvalue weighted by Gasteiger charge is 2.50. The predicted octanol–water partition coefficient (Wildman–Crippen LogP) is 1.46. The first kappa shape index (κ1) is 9.75. The van der Waals surface area contributed by atoms with Crippen molar-refractivity contribution in [2.75, 3.05) is 14.2 Å². The number of hydrogen-bond donors (Lipinski definition) is 0. The molecule has 2 aliphatic heterocycles. The van der Waals surface area contributed by atoms with Crippen molar-refractivity contribution in [3.8, 4) is 0 Å². The van der Waals surface area contributed by atoms with Crippen LogP contribution >= 0.6 is 0 Å². The number of fused-ring (bicyclic) bond motifs is 5. The van der Waals surface area contributed by atoms with Gasteiger partial charge >= 0.3 is 11.9 Å². The summed E-state index contributed by atoms with van der Waals surface area (Å²) in [5.41, 5.74) is 0.109. The zero-order valence-electron chi connectivity index (χ0n) is 12.4. The molecule has 2 heterocycles. The highest BCUT2D eigenvalue weighted by Crippen LogP contribution is 2.54. The van der Waals surface area contributed by atoms with Gasteiger partial charge in [-0.2, -0.15) is 0 Å². The first-order valence-electron chi connectivity index (χ1n) is 6.62. The number of benzene rings is 1. The van der Waals surface area contributed by atoms with Crippen LogP contribution in [0.15, 0.2) is 35.4 Å². The van der Waals surface area contributed by atoms with Crippen LogP contribution in [0.5, 0.6) is 0 Å². The van der Waals surface area contributed by atoms with Crippen molar-refractivity contribution < 1.29 is 26.5 Å². The van der Waals surface area contributed by atoms with Gasteiger partial charge in [-0.05, 0) is 11.1 Å². The number of ether oxygens (including phenoxy) is 3. The lowest BCUT2D eigenvalue weighted by Crippen LogP contribution is -2.19. The number of esters is 2. The summed E-state index contributed by atoms with van der Waals surface area (Å²) in [5.74, 6) is -1.76. The molecule has 0 spiro atoms. The van der Waals surface area contributed by atoms with Crippen LogP contribution in [-0.4, -0.2) is 26.2 Å². The summed E-state index contributed by atoms with van der Waals surface area (Å²) < 4.78 is 31.7. The first-order chi connectivity index (χ1) is 9.90. The van der Waals surface area contributed by atoms with Crippen LogP contribution in [0.2, 0.25) is 0 Å². The minimum Gasteiger partial charge on any atom is -0.466 e. The Morgan fingerprint density at radius 1 is 1.05 bits per heavy atom. The Labute approximate surface area is 112 Å². The molecule has 0 aliphatic carbocycles. The molecule has 0 saturated heterocycles. The van der Waals surface area contributed by atoms with E-state index in [4.69, 9.17) is 7.48 Å². The Bertz CT molecular complexity index is 641. The molecule has 1 aromatic rings. The molecule has 19 heavy (non-hydrogen) atoms. The molecule has 0 aromatic heterocycles. The monoisotopic (exact) mass is 262 g/mol. The number of methoxy groups -OCH3 is 2. The second-order valence-electron chi connectivity index (χ2n) is 4.04. The average Bonchev–Trinajstić information content (AvgIpc) is 2.88. The summed E-state index contributed by atoms with van der Waals surface area (Å²) in [7, 11) is 2.28. The SMILES string of the molecule is [2H][C@]12O[C@]([2H])(C(C(=O)OC)=C1C(=O)OC)c1ccccc12. The molecule has 1 aromatic carbocycles. The third-order valence-corrected chi connectivity index (χ3v) is 3.10. The van der Waals surface area contributed by atoms with E-state index < -0.39 is 24.1 Å². The van der Waals surface area contributed by atoms with Crippen molar-refractivity contribution in [3.05, 3.63) is 46.5 Å². The van der Waals surface area contributed by atoms with Gasteiger partial charge in [-0.1, -0.05) is 24.3 Å². The second-order valence-corrected chi connectivity index (χ2v) is 4.04. The van der Waals surface area contributed by atoms with E-state index >= 15 is 0 Å². The smallest absolute Gasteiger partial charge is 0.337 e. The van der Waals surface area contributed by atoms with E-state index in [9.17, 15) is 9.59 Å². The maximum Gasteiger partial charge on any atom is 0.337 e. The molecule has 0 unspecified atom stereocenters. The Hall–Kier alpha value is -2.14. The molecule has 0 amide bonds. The van der Waals surface area contributed by atoms with Gasteiger partial charge < -0.3 is 14.2 Å². The van der Waals surface area contributed by atoms with Gasteiger partial charge in [0.05, 0.1) is 28.1 Å². The third-order valence-electron chi connectivity index (χ3n) is 3.10. The lowest BCUT2D eigenvalue weighted by molar-refractivity contribution is -0.139. The van der Waals surface area contributed by atoms with E-state index in [2.05, 4.69) is 9.47 Å². The van der Waals surface area contributed by atoms with Crippen molar-refractivity contribution >= 4 is 11.9 Å². The molecular weight excluding hydrogens is 248 g/mol. The third kappa shape index (κ3) is 1.51. The van der Waals surface area contributed by atoms with Crippen molar-refractivity contribution in [2.24, 2.45) is 0 Å². The fourth-order valence-corrected chi connectivity index (χ4v) is 2.28. The summed E-state index contributed by atoms with van der Waals surface area (Å²) >= 11 is 0. The topological polar surface area (TPSA) is 61.8 Å². The molecule has 5 heteroatoms. The molecule has 0 fully saturated rings. The van der Waals surface area contributed by atoms with E-state index in [0.717, 1.165) is 14.2 Å². The first-order valence-corrected chi connectivity index (χ1v) is 5.62. The van der Waals surface area contributed by atoms with Crippen molar-refractivity contribution in [1.82, 2.24) is 0 Å². The van der Waals surface area contributed by atoms with Gasteiger partial charge in [0.15, 0.2) is 0 Å². The van der Waals surface area contributed by atoms with Crippen LogP contribution in [0.25, 0.3) is 0 Å². The molecule has 2 aliphatic rings. The summed E-state index contributed by atoms with van der Waals surface area (Å²) in [6.45, 7) is 0. The van der Waals surface area contributed by atoms with Crippen LogP contribution < -0.4 is 0 Å². The number of rotatable bonds is 2. The zero-order valence-corrected chi connectivity index (χ0v) is 10.4. The Morgan fingerprint density at radius 3 is 1.84 bits per heavy atom. The molecule has 2 atom stereocenters. The summed E-state index contributed by atoms with van der Waals surface area (Å²) in [6, 6.07) is 6.54. The Kier molecular flexibility index (Phi) is 2.16. The normalized spacial score (nSPS) is 32.5. The quantitative estimate of drug-likeness (QED) is 0.755. The van der Waals surface area contributed by atoms with E-state index in [1.54, 1.807) is 24.3 Å². The lowest BCUT2D eigenvalue weighted by Gasteiger charge is -2.16. The Morgan fingerprint density at radius 2 is 1.47 bits per heavy atom. The highest BCUT2D eigenvalue weighted by atomic mass is 16.5. The lowest BCUT2D eigenvalue weighted by atomic mass is 9.86. The number of carbonyl (C=O) groups excluding carboxylic acids is 2. The number of carbonyl (C=O) groups is 2. The highest BCUT2D eigenvalue weighted by molar-refractivity contribution is 6.04. The minimum atomic E-state index is -1.94. The maximum absolute atomic E-state index is 12.0. The molecule has 0 N–H and O–H groups in total. The van der Waals surface area contributed by atoms with Crippen LogP contribution in [0, 0.1) is 0 Å². The summed E-state index contributed by atoms with van der Waals surface area (Å²) in [5, 5.41) is 0. The van der Waals surface area contributed by atoms with Gasteiger partial charge in [0, 0.05) is 0 Å². The van der Waals surface area contributed by atoms with Crippen LogP contribution in [0.1, 0.15) is 26.0 Å². The standard InChI is InChI=1S/C14H12O5/c1-17-13(15)9-10(14(16)18-2)12-8-6-4-3-5-7(8)11(9)19-12/h3-6,11-12H,1-2H3/t11-,12+/i11D,12D. The summed E-state index contributed by atoms with van der Waals surface area (Å²) in [4.78, 5) is 24.0. The fraction of sp³-hybridized carbons (Fsp3) is 0.286. The fourth-order valence-electron chi connectivity index (χ4n) is 2.28. The van der Waals surface area contributed by atoms with Crippen LogP contribution in [0.3, 0.4) is 0 Å². The maximum atomic E-state index is 12.0. The Balaban J connectivity index is 2.34. The van der Waals surface area contributed by atoms with Gasteiger partial charge in [0.1, 0.15) is 12.2 Å². The second kappa shape index (κ2) is 4.20. The van der Waals surface area contributed by atoms with Gasteiger partial charge in [-0.25, -0.2) is 9.59 Å². The van der Waals surface area contributed by atoms with Crippen LogP contribution in [-0.2, 0) is 23.8 Å². The van der Waals surface area contributed by atoms with Crippen LogP contribution in [0.4, 0.5) is 0 Å². The largest absolute Gasteiger partial charge is 0.466 e. The van der Waals surface area contributed by atoms with Crippen molar-refractivity contribution in [1.29, 1.82) is 0 Å². The van der Waals surface area contributed by atoms with E-state index in [0.29, 0.717) is 11.1 Å². The number of hydrogen-bond acceptors (Lipinski definition) is 5. The van der Waals surface area contributed by atoms with E-state index in [-0.39, 0.29) is 11.1 Å². The zero-order chi connectivity index (χ0) is 15.4. The van der Waals surface area contributed by atoms with Crippen molar-refractivity contribution in [3.63, 3.8) is 0 Å². The molecule has 98 valence electrons. The van der Waals surface area contributed by atoms with Gasteiger partial charge in [0.2, 0.25) is 0 Å². The molecular formula is C14H12O5. The molecule has 5 nitrogen and oxygen atoms in total. The molecule has 3 rings (SSSR count). The minimum absolute atomic E-state index is 0.300. The molecule has 2 bridgehead atoms. The summed E-state index contributed by atoms with van der Waals surface area (Å²) in [6.07, 6.45) is -3.87. The van der Waals surface area contributed by atoms with E-state index in [1.807, 2.05) is 0 Å². The van der Waals surface area contributed by atoms with Gasteiger partial charge in [-0.3, -0.25) is 0 Å². The van der Waals surface area contributed by atoms with Crippen molar-refractivity contribution in [2.45, 2.75) is 12.2 Å². The average molecular weight is 262 g/mol. The van der Waals surface area contributed by atoms with E-state index in [1.165, 1.54) is 0 Å². The van der Waals surface area contributed by atoms with Gasteiger partial charge in [0.25, 0.3) is 0 Å². The molecule has 0 radical (unpaired) electrons.